The van der Waals surface area contributed by atoms with E-state index in [1.807, 2.05) is 6.08 Å². The second-order valence-corrected chi connectivity index (χ2v) is 8.62. The van der Waals surface area contributed by atoms with Crippen LogP contribution in [0.1, 0.15) is 32.1 Å². The van der Waals surface area contributed by atoms with E-state index in [-0.39, 0.29) is 0 Å². The quantitative estimate of drug-likeness (QED) is 0.568. The zero-order valence-electron chi connectivity index (χ0n) is 11.5. The molecule has 3 heteroatoms. The van der Waals surface area contributed by atoms with E-state index in [1.165, 1.54) is 44.7 Å². The highest BCUT2D eigenvalue weighted by Gasteiger charge is 2.38. The van der Waals surface area contributed by atoms with Gasteiger partial charge in [0.15, 0.2) is 0 Å². The Bertz CT molecular complexity index is 278. The van der Waals surface area contributed by atoms with Crippen molar-refractivity contribution in [3.8, 4) is 0 Å². The van der Waals surface area contributed by atoms with Gasteiger partial charge in [-0.05, 0) is 37.3 Å². The van der Waals surface area contributed by atoms with Gasteiger partial charge in [0.2, 0.25) is 0 Å². The zero-order valence-corrected chi connectivity index (χ0v) is 12.7. The highest BCUT2D eigenvalue weighted by atomic mass is 28.3. The third-order valence-corrected chi connectivity index (χ3v) is 7.90. The fourth-order valence-corrected chi connectivity index (χ4v) is 6.96. The van der Waals surface area contributed by atoms with E-state index in [4.69, 9.17) is 0 Å². The first-order valence-corrected chi connectivity index (χ1v) is 9.61. The van der Waals surface area contributed by atoms with Crippen molar-refractivity contribution in [2.75, 3.05) is 13.1 Å². The molecular formula is C15H28N2Si. The topological polar surface area (TPSA) is 24.1 Å². The number of nitrogens with one attached hydrogen (secondary N) is 2. The van der Waals surface area contributed by atoms with E-state index in [9.17, 15) is 0 Å². The summed E-state index contributed by atoms with van der Waals surface area (Å²) in [7, 11) is -0.977. The van der Waals surface area contributed by atoms with Gasteiger partial charge in [0.05, 0.1) is 0 Å². The monoisotopic (exact) mass is 264 g/mol. The molecule has 2 N–H and O–H groups in total. The van der Waals surface area contributed by atoms with Gasteiger partial charge < -0.3 is 10.3 Å². The summed E-state index contributed by atoms with van der Waals surface area (Å²) in [5.41, 5.74) is 0.766. The molecule has 2 aliphatic rings. The number of hydrogen-bond donors (Lipinski definition) is 2. The second-order valence-electron chi connectivity index (χ2n) is 5.80. The van der Waals surface area contributed by atoms with Crippen LogP contribution in [0.25, 0.3) is 0 Å². The van der Waals surface area contributed by atoms with Crippen LogP contribution < -0.4 is 10.3 Å². The van der Waals surface area contributed by atoms with Gasteiger partial charge in [0.1, 0.15) is 8.96 Å². The molecule has 4 unspecified atom stereocenters. The molecule has 0 spiro atoms. The highest BCUT2D eigenvalue weighted by Crippen LogP contribution is 2.37. The first kappa shape index (κ1) is 14.0. The number of rotatable bonds is 6. The van der Waals surface area contributed by atoms with E-state index in [0.717, 1.165) is 24.0 Å². The molecule has 18 heavy (non-hydrogen) atoms. The van der Waals surface area contributed by atoms with E-state index in [2.05, 4.69) is 29.5 Å². The largest absolute Gasteiger partial charge is 0.335 e. The Morgan fingerprint density at radius 2 is 2.00 bits per heavy atom. The average molecular weight is 264 g/mol. The predicted molar refractivity (Wildman–Crippen MR) is 82.2 cm³/mol. The lowest BCUT2D eigenvalue weighted by atomic mass is 9.75. The summed E-state index contributed by atoms with van der Waals surface area (Å²) >= 11 is 0. The first-order chi connectivity index (χ1) is 8.86. The maximum absolute atomic E-state index is 3.95. The average Bonchev–Trinajstić information content (AvgIpc) is 2.43. The molecule has 1 aliphatic heterocycles. The molecule has 1 aliphatic carbocycles. The van der Waals surface area contributed by atoms with Crippen molar-refractivity contribution in [1.29, 1.82) is 0 Å². The molecule has 0 bridgehead atoms. The van der Waals surface area contributed by atoms with Gasteiger partial charge in [-0.25, -0.2) is 0 Å². The van der Waals surface area contributed by atoms with Gasteiger partial charge in [0, 0.05) is 12.2 Å². The molecule has 0 aromatic heterocycles. The molecule has 0 amide bonds. The van der Waals surface area contributed by atoms with Gasteiger partial charge in [-0.3, -0.25) is 0 Å². The summed E-state index contributed by atoms with van der Waals surface area (Å²) in [6.45, 7) is 9.96. The van der Waals surface area contributed by atoms with Gasteiger partial charge >= 0.3 is 0 Å². The SMILES string of the molecule is C=CCN[SiH](CC=C)C1NCCC2CCCCC21. The van der Waals surface area contributed by atoms with E-state index >= 15 is 0 Å². The second kappa shape index (κ2) is 7.27. The Morgan fingerprint density at radius 1 is 1.17 bits per heavy atom. The summed E-state index contributed by atoms with van der Waals surface area (Å²) in [6, 6.07) is 1.19. The molecule has 2 fully saturated rings. The summed E-state index contributed by atoms with van der Waals surface area (Å²) in [5.74, 6) is 1.93. The summed E-state index contributed by atoms with van der Waals surface area (Å²) in [4.78, 5) is 3.76. The Morgan fingerprint density at radius 3 is 2.78 bits per heavy atom. The summed E-state index contributed by atoms with van der Waals surface area (Å²) < 4.78 is 0. The van der Waals surface area contributed by atoms with Crippen molar-refractivity contribution in [3.63, 3.8) is 0 Å². The van der Waals surface area contributed by atoms with Gasteiger partial charge in [-0.15, -0.1) is 13.2 Å². The lowest BCUT2D eigenvalue weighted by molar-refractivity contribution is 0.164. The highest BCUT2D eigenvalue weighted by molar-refractivity contribution is 6.58. The Balaban J connectivity index is 2.01. The van der Waals surface area contributed by atoms with E-state index in [1.54, 1.807) is 0 Å². The molecule has 2 rings (SSSR count). The minimum absolute atomic E-state index is 0.766. The van der Waals surface area contributed by atoms with Crippen LogP contribution >= 0.6 is 0 Å². The lowest BCUT2D eigenvalue weighted by Crippen LogP contribution is -2.60. The minimum atomic E-state index is -0.977. The summed E-state index contributed by atoms with van der Waals surface area (Å²) in [5, 5.41) is 3.83. The molecule has 1 saturated heterocycles. The lowest BCUT2D eigenvalue weighted by Gasteiger charge is -2.44. The number of fused-ring (bicyclic) bond motifs is 1. The Hall–Kier alpha value is -0.383. The summed E-state index contributed by atoms with van der Waals surface area (Å²) in [6.07, 6.45) is 11.3. The fourth-order valence-electron chi connectivity index (χ4n) is 3.87. The molecular weight excluding hydrogens is 236 g/mol. The van der Waals surface area contributed by atoms with Crippen LogP contribution in [0, 0.1) is 11.8 Å². The Labute approximate surface area is 114 Å². The van der Waals surface area contributed by atoms with Crippen molar-refractivity contribution >= 4 is 8.96 Å². The van der Waals surface area contributed by atoms with Crippen LogP contribution in [-0.2, 0) is 0 Å². The predicted octanol–water partition coefficient (Wildman–Crippen LogP) is 2.38. The fraction of sp³-hybridized carbons (Fsp3) is 0.733. The molecule has 1 saturated carbocycles. The van der Waals surface area contributed by atoms with E-state index < -0.39 is 8.96 Å². The smallest absolute Gasteiger partial charge is 0.130 e. The standard InChI is InChI=1S/C15H28N2Si/c1-3-10-17-18(12-4-2)15-14-8-6-5-7-13(14)9-11-16-15/h3-4,13-18H,1-2,5-12H2. The molecule has 0 aromatic carbocycles. The van der Waals surface area contributed by atoms with Crippen molar-refractivity contribution in [2.45, 2.75) is 43.8 Å². The molecule has 0 radical (unpaired) electrons. The maximum atomic E-state index is 3.95. The van der Waals surface area contributed by atoms with Gasteiger partial charge in [0.25, 0.3) is 0 Å². The van der Waals surface area contributed by atoms with Crippen molar-refractivity contribution in [1.82, 2.24) is 10.3 Å². The van der Waals surface area contributed by atoms with Crippen LogP contribution in [0.15, 0.2) is 25.3 Å². The van der Waals surface area contributed by atoms with Crippen LogP contribution in [-0.4, -0.2) is 27.7 Å². The molecule has 0 aromatic rings. The van der Waals surface area contributed by atoms with Gasteiger partial charge in [-0.2, -0.15) is 0 Å². The molecule has 102 valence electrons. The third-order valence-electron chi connectivity index (χ3n) is 4.70. The normalized spacial score (nSPS) is 33.4. The maximum Gasteiger partial charge on any atom is 0.130 e. The van der Waals surface area contributed by atoms with Crippen LogP contribution in [0.3, 0.4) is 0 Å². The molecule has 2 nitrogen and oxygen atoms in total. The first-order valence-electron chi connectivity index (χ1n) is 7.55. The van der Waals surface area contributed by atoms with E-state index in [0.29, 0.717) is 0 Å². The van der Waals surface area contributed by atoms with Crippen molar-refractivity contribution in [2.24, 2.45) is 11.8 Å². The van der Waals surface area contributed by atoms with Crippen LogP contribution in [0.4, 0.5) is 0 Å². The zero-order chi connectivity index (χ0) is 12.8. The van der Waals surface area contributed by atoms with Crippen LogP contribution in [0.2, 0.25) is 6.04 Å². The minimum Gasteiger partial charge on any atom is -0.335 e. The van der Waals surface area contributed by atoms with Crippen molar-refractivity contribution < 1.29 is 0 Å². The Kier molecular flexibility index (Phi) is 5.67. The molecule has 1 heterocycles. The third kappa shape index (κ3) is 3.34. The van der Waals surface area contributed by atoms with Crippen LogP contribution in [0.5, 0.6) is 0 Å². The molecule has 4 atom stereocenters. The number of allylic oxidation sites excluding steroid dienone is 1. The number of hydrogen-bond acceptors (Lipinski definition) is 2. The van der Waals surface area contributed by atoms with Crippen molar-refractivity contribution in [3.05, 3.63) is 25.3 Å². The number of piperidine rings is 1. The van der Waals surface area contributed by atoms with Gasteiger partial charge in [-0.1, -0.05) is 31.4 Å².